The minimum atomic E-state index is -3.72. The minimum Gasteiger partial charge on any atom is -0.456 e. The van der Waals surface area contributed by atoms with Gasteiger partial charge in [-0.3, -0.25) is 14.9 Å². The van der Waals surface area contributed by atoms with Crippen molar-refractivity contribution in [2.45, 2.75) is 17.9 Å². The molecule has 0 fully saturated rings. The first-order chi connectivity index (χ1) is 13.9. The molecule has 0 spiro atoms. The van der Waals surface area contributed by atoms with Crippen molar-refractivity contribution >= 4 is 27.9 Å². The van der Waals surface area contributed by atoms with E-state index in [2.05, 4.69) is 10.0 Å². The number of imide groups is 1. The lowest BCUT2D eigenvalue weighted by atomic mass is 10.2. The number of urea groups is 1. The molecule has 0 aliphatic carbocycles. The standard InChI is InChI=1S/C19H21N3O6S/c23-17(22-19(25)20-13-15-7-3-1-4-8-15)14-28-18(24)11-12-21-29(26,27)16-9-5-2-6-10-16/h1-10,21H,11-14H2,(H2,20,22,23,25). The maximum Gasteiger partial charge on any atom is 0.321 e. The van der Waals surface area contributed by atoms with Crippen molar-refractivity contribution in [3.8, 4) is 0 Å². The van der Waals surface area contributed by atoms with Crippen LogP contribution in [0.1, 0.15) is 12.0 Å². The molecule has 2 aromatic carbocycles. The second-order valence-corrected chi connectivity index (χ2v) is 7.60. The van der Waals surface area contributed by atoms with Crippen LogP contribution < -0.4 is 15.4 Å². The zero-order chi connectivity index (χ0) is 21.1. The van der Waals surface area contributed by atoms with Crippen LogP contribution in [-0.2, 0) is 30.9 Å². The fourth-order valence-corrected chi connectivity index (χ4v) is 3.23. The van der Waals surface area contributed by atoms with Crippen molar-refractivity contribution in [1.82, 2.24) is 15.4 Å². The molecular weight excluding hydrogens is 398 g/mol. The molecule has 0 radical (unpaired) electrons. The number of ether oxygens (including phenoxy) is 1. The van der Waals surface area contributed by atoms with E-state index >= 15 is 0 Å². The monoisotopic (exact) mass is 419 g/mol. The van der Waals surface area contributed by atoms with Gasteiger partial charge in [0, 0.05) is 13.1 Å². The zero-order valence-electron chi connectivity index (χ0n) is 15.5. The van der Waals surface area contributed by atoms with Crippen molar-refractivity contribution in [3.63, 3.8) is 0 Å². The smallest absolute Gasteiger partial charge is 0.321 e. The summed E-state index contributed by atoms with van der Waals surface area (Å²) in [4.78, 5) is 35.0. The SMILES string of the molecule is O=C(COC(=O)CCNS(=O)(=O)c1ccccc1)NC(=O)NCc1ccccc1. The molecule has 0 saturated carbocycles. The number of carbonyl (C=O) groups is 3. The van der Waals surface area contributed by atoms with Crippen LogP contribution in [0.3, 0.4) is 0 Å². The van der Waals surface area contributed by atoms with Crippen molar-refractivity contribution in [3.05, 3.63) is 66.2 Å². The topological polar surface area (TPSA) is 131 Å². The molecule has 0 aliphatic heterocycles. The summed E-state index contributed by atoms with van der Waals surface area (Å²) in [5.74, 6) is -1.57. The molecule has 10 heteroatoms. The molecule has 154 valence electrons. The maximum atomic E-state index is 12.0. The summed E-state index contributed by atoms with van der Waals surface area (Å²) in [5.41, 5.74) is 0.861. The quantitative estimate of drug-likeness (QED) is 0.518. The molecule has 0 unspecified atom stereocenters. The van der Waals surface area contributed by atoms with Gasteiger partial charge in [-0.15, -0.1) is 0 Å². The Bertz CT molecular complexity index is 933. The first-order valence-corrected chi connectivity index (χ1v) is 10.2. The Labute approximate surface area is 168 Å². The molecular formula is C19H21N3O6S. The predicted molar refractivity (Wildman–Crippen MR) is 104 cm³/mol. The zero-order valence-corrected chi connectivity index (χ0v) is 16.3. The summed E-state index contributed by atoms with van der Waals surface area (Å²) in [7, 11) is -3.72. The first-order valence-electron chi connectivity index (χ1n) is 8.69. The van der Waals surface area contributed by atoms with Crippen LogP contribution in [0.2, 0.25) is 0 Å². The summed E-state index contributed by atoms with van der Waals surface area (Å²) < 4.78 is 31.0. The number of rotatable bonds is 9. The average Bonchev–Trinajstić information content (AvgIpc) is 2.72. The summed E-state index contributed by atoms with van der Waals surface area (Å²) >= 11 is 0. The number of amides is 3. The van der Waals surface area contributed by atoms with Gasteiger partial charge >= 0.3 is 12.0 Å². The minimum absolute atomic E-state index is 0.0780. The molecule has 9 nitrogen and oxygen atoms in total. The Hall–Kier alpha value is -3.24. The average molecular weight is 419 g/mol. The van der Waals surface area contributed by atoms with Gasteiger partial charge in [-0.1, -0.05) is 48.5 Å². The van der Waals surface area contributed by atoms with E-state index in [1.807, 2.05) is 35.6 Å². The molecule has 29 heavy (non-hydrogen) atoms. The normalized spacial score (nSPS) is 10.8. The number of hydrogen-bond donors (Lipinski definition) is 3. The fraction of sp³-hybridized carbons (Fsp3) is 0.211. The van der Waals surface area contributed by atoms with Crippen LogP contribution >= 0.6 is 0 Å². The largest absolute Gasteiger partial charge is 0.456 e. The highest BCUT2D eigenvalue weighted by molar-refractivity contribution is 7.89. The van der Waals surface area contributed by atoms with E-state index in [0.717, 1.165) is 5.56 Å². The number of carbonyl (C=O) groups excluding carboxylic acids is 3. The third-order valence-electron chi connectivity index (χ3n) is 3.59. The Morgan fingerprint density at radius 2 is 1.52 bits per heavy atom. The van der Waals surface area contributed by atoms with Gasteiger partial charge in [-0.2, -0.15) is 0 Å². The van der Waals surface area contributed by atoms with Crippen LogP contribution in [0.5, 0.6) is 0 Å². The molecule has 0 saturated heterocycles. The predicted octanol–water partition coefficient (Wildman–Crippen LogP) is 0.924. The lowest BCUT2D eigenvalue weighted by Gasteiger charge is -2.08. The summed E-state index contributed by atoms with van der Waals surface area (Å²) in [5, 5.41) is 4.53. The van der Waals surface area contributed by atoms with E-state index in [0.29, 0.717) is 0 Å². The van der Waals surface area contributed by atoms with Crippen LogP contribution in [0.15, 0.2) is 65.6 Å². The summed E-state index contributed by atoms with van der Waals surface area (Å²) in [6, 6.07) is 16.1. The van der Waals surface area contributed by atoms with Gasteiger partial charge in [-0.25, -0.2) is 17.9 Å². The number of hydrogen-bond acceptors (Lipinski definition) is 6. The van der Waals surface area contributed by atoms with Gasteiger partial charge in [0.1, 0.15) is 0 Å². The third kappa shape index (κ3) is 8.11. The lowest BCUT2D eigenvalue weighted by Crippen LogP contribution is -2.41. The van der Waals surface area contributed by atoms with Crippen molar-refractivity contribution in [1.29, 1.82) is 0 Å². The molecule has 3 amide bonds. The van der Waals surface area contributed by atoms with E-state index in [1.54, 1.807) is 18.2 Å². The van der Waals surface area contributed by atoms with Crippen molar-refractivity contribution in [2.75, 3.05) is 13.2 Å². The summed E-state index contributed by atoms with van der Waals surface area (Å²) in [6.45, 7) is -0.598. The highest BCUT2D eigenvalue weighted by Crippen LogP contribution is 2.06. The van der Waals surface area contributed by atoms with Gasteiger partial charge in [0.25, 0.3) is 5.91 Å². The molecule has 2 rings (SSSR count). The van der Waals surface area contributed by atoms with Crippen molar-refractivity contribution < 1.29 is 27.5 Å². The van der Waals surface area contributed by atoms with Gasteiger partial charge in [0.15, 0.2) is 6.61 Å². The number of benzene rings is 2. The van der Waals surface area contributed by atoms with E-state index in [-0.39, 0.29) is 24.4 Å². The van der Waals surface area contributed by atoms with Crippen LogP contribution in [-0.4, -0.2) is 39.5 Å². The maximum absolute atomic E-state index is 12.0. The first kappa shape index (κ1) is 22.1. The molecule has 0 atom stereocenters. The van der Waals surface area contributed by atoms with Gasteiger partial charge in [-0.05, 0) is 17.7 Å². The van der Waals surface area contributed by atoms with Gasteiger partial charge in [0.05, 0.1) is 11.3 Å². The second kappa shape index (κ2) is 10.9. The lowest BCUT2D eigenvalue weighted by molar-refractivity contribution is -0.148. The fourth-order valence-electron chi connectivity index (χ4n) is 2.17. The third-order valence-corrected chi connectivity index (χ3v) is 5.06. The summed E-state index contributed by atoms with van der Waals surface area (Å²) in [6.07, 6.45) is -0.264. The Balaban J connectivity index is 1.63. The van der Waals surface area contributed by atoms with E-state index in [9.17, 15) is 22.8 Å². The van der Waals surface area contributed by atoms with Gasteiger partial charge in [0.2, 0.25) is 10.0 Å². The van der Waals surface area contributed by atoms with E-state index in [4.69, 9.17) is 4.74 Å². The number of sulfonamides is 1. The Morgan fingerprint density at radius 1 is 0.897 bits per heavy atom. The Kier molecular flexibility index (Phi) is 8.31. The van der Waals surface area contributed by atoms with Crippen LogP contribution in [0, 0.1) is 0 Å². The van der Waals surface area contributed by atoms with Gasteiger partial charge < -0.3 is 10.1 Å². The molecule has 0 aliphatic rings. The van der Waals surface area contributed by atoms with E-state index < -0.39 is 34.5 Å². The van der Waals surface area contributed by atoms with Crippen LogP contribution in [0.4, 0.5) is 4.79 Å². The Morgan fingerprint density at radius 3 is 2.17 bits per heavy atom. The van der Waals surface area contributed by atoms with Crippen LogP contribution in [0.25, 0.3) is 0 Å². The highest BCUT2D eigenvalue weighted by atomic mass is 32.2. The molecule has 0 bridgehead atoms. The van der Waals surface area contributed by atoms with E-state index in [1.165, 1.54) is 12.1 Å². The molecule has 3 N–H and O–H groups in total. The number of nitrogens with one attached hydrogen (secondary N) is 3. The second-order valence-electron chi connectivity index (χ2n) is 5.84. The molecule has 0 aromatic heterocycles. The highest BCUT2D eigenvalue weighted by Gasteiger charge is 2.15. The molecule has 0 heterocycles. The molecule has 2 aromatic rings. The van der Waals surface area contributed by atoms with Crippen molar-refractivity contribution in [2.24, 2.45) is 0 Å². The number of esters is 1.